The minimum atomic E-state index is -2.33. The van der Waals surface area contributed by atoms with Crippen molar-refractivity contribution in [1.29, 1.82) is 0 Å². The van der Waals surface area contributed by atoms with Crippen LogP contribution in [0.3, 0.4) is 0 Å². The zero-order chi connectivity index (χ0) is 37.5. The molecule has 1 aliphatic heterocycles. The Labute approximate surface area is 297 Å². The van der Waals surface area contributed by atoms with E-state index in [0.29, 0.717) is 12.4 Å². The first-order chi connectivity index (χ1) is 21.2. The van der Waals surface area contributed by atoms with Crippen molar-refractivity contribution >= 4 is 36.7 Å². The summed E-state index contributed by atoms with van der Waals surface area (Å²) < 4.78 is 34.0. The summed E-state index contributed by atoms with van der Waals surface area (Å²) in [6, 6.07) is 0. The Morgan fingerprint density at radius 3 is 1.71 bits per heavy atom. The van der Waals surface area contributed by atoms with Gasteiger partial charge in [0.05, 0.1) is 25.2 Å². The van der Waals surface area contributed by atoms with Crippen molar-refractivity contribution in [3.8, 4) is 0 Å². The van der Waals surface area contributed by atoms with Gasteiger partial charge in [0, 0.05) is 12.0 Å². The van der Waals surface area contributed by atoms with Crippen molar-refractivity contribution in [3.63, 3.8) is 0 Å². The van der Waals surface area contributed by atoms with Crippen molar-refractivity contribution in [2.24, 2.45) is 22.7 Å². The molecule has 0 aromatic carbocycles. The van der Waals surface area contributed by atoms with Gasteiger partial charge in [-0.1, -0.05) is 76.2 Å². The summed E-state index contributed by atoms with van der Waals surface area (Å²) in [6.45, 7) is 43.3. The third-order valence-electron chi connectivity index (χ3n) is 14.3. The van der Waals surface area contributed by atoms with Crippen LogP contribution in [-0.2, 0) is 32.3 Å². The van der Waals surface area contributed by atoms with Gasteiger partial charge in [0.15, 0.2) is 30.7 Å². The number of esters is 1. The third kappa shape index (κ3) is 7.02. The summed E-state index contributed by atoms with van der Waals surface area (Å²) in [5, 5.41) is 0.0375. The maximum atomic E-state index is 14.9. The van der Waals surface area contributed by atoms with Gasteiger partial charge in [-0.05, 0) is 98.8 Å². The molecule has 7 atom stereocenters. The number of carbonyl (C=O) groups excluding carboxylic acids is 2. The molecule has 0 aromatic heterocycles. The standard InChI is InChI=1S/C38H72O7Si3/c1-25-29(32(40)41-14)30(39)31-36(11)22-21-27(44-47(17,18)34(5,6)7)37(12,24-42-46(15,16)33(2,3)4)26(36)23-28(38(31,13)43-25)45-48(19,20)35(8,9)10/h26-28,31H,21-24H2,1-20H3/t26-,27+,28+,31-,36+,37+,38-/m1/s1. The van der Waals surface area contributed by atoms with Crippen LogP contribution in [0.15, 0.2) is 11.3 Å². The summed E-state index contributed by atoms with van der Waals surface area (Å²) in [6.07, 6.45) is 1.90. The Hall–Kier alpha value is -0.789. The van der Waals surface area contributed by atoms with Gasteiger partial charge in [-0.25, -0.2) is 4.79 Å². The molecule has 3 aliphatic rings. The molecule has 0 unspecified atom stereocenters. The molecule has 0 spiro atoms. The highest BCUT2D eigenvalue weighted by molar-refractivity contribution is 6.75. The van der Waals surface area contributed by atoms with E-state index in [2.05, 4.69) is 122 Å². The van der Waals surface area contributed by atoms with Crippen molar-refractivity contribution < 1.29 is 32.3 Å². The second kappa shape index (κ2) is 12.7. The highest BCUT2D eigenvalue weighted by Crippen LogP contribution is 2.66. The van der Waals surface area contributed by atoms with Gasteiger partial charge in [-0.2, -0.15) is 0 Å². The number of ketones is 1. The van der Waals surface area contributed by atoms with Gasteiger partial charge in [0.25, 0.3) is 0 Å². The molecular weight excluding hydrogens is 653 g/mol. The molecule has 0 bridgehead atoms. The van der Waals surface area contributed by atoms with Gasteiger partial charge < -0.3 is 22.8 Å². The lowest BCUT2D eigenvalue weighted by Gasteiger charge is -2.67. The number of Topliss-reactive ketones (excluding diaryl/α,β-unsaturated/α-hetero) is 1. The lowest BCUT2D eigenvalue weighted by molar-refractivity contribution is -0.242. The van der Waals surface area contributed by atoms with Crippen LogP contribution < -0.4 is 0 Å². The first kappa shape index (κ1) is 41.6. The summed E-state index contributed by atoms with van der Waals surface area (Å²) >= 11 is 0. The number of methoxy groups -OCH3 is 1. The molecule has 0 amide bonds. The van der Waals surface area contributed by atoms with Crippen LogP contribution in [0.1, 0.15) is 109 Å². The quantitative estimate of drug-likeness (QED) is 0.140. The molecule has 48 heavy (non-hydrogen) atoms. The largest absolute Gasteiger partial charge is 0.488 e. The van der Waals surface area contributed by atoms with E-state index in [-0.39, 0.29) is 44.6 Å². The fraction of sp³-hybridized carbons (Fsp3) is 0.895. The average Bonchev–Trinajstić information content (AvgIpc) is 2.88. The predicted octanol–water partition coefficient (Wildman–Crippen LogP) is 10.0. The summed E-state index contributed by atoms with van der Waals surface area (Å²) in [4.78, 5) is 28.1. The van der Waals surface area contributed by atoms with Gasteiger partial charge in [-0.15, -0.1) is 0 Å². The molecule has 0 N–H and O–H groups in total. The van der Waals surface area contributed by atoms with Crippen LogP contribution in [0.2, 0.25) is 54.4 Å². The Balaban J connectivity index is 2.32. The fourth-order valence-electron chi connectivity index (χ4n) is 8.00. The maximum Gasteiger partial charge on any atom is 0.344 e. The highest BCUT2D eigenvalue weighted by Gasteiger charge is 2.71. The average molecular weight is 725 g/mol. The number of rotatable bonds is 8. The molecule has 278 valence electrons. The Morgan fingerprint density at radius 1 is 0.812 bits per heavy atom. The van der Waals surface area contributed by atoms with Gasteiger partial charge in [0.1, 0.15) is 16.9 Å². The van der Waals surface area contributed by atoms with E-state index >= 15 is 0 Å². The number of hydrogen-bond donors (Lipinski definition) is 0. The molecule has 3 rings (SSSR count). The topological polar surface area (TPSA) is 80.3 Å². The van der Waals surface area contributed by atoms with Crippen LogP contribution in [0.25, 0.3) is 0 Å². The highest BCUT2D eigenvalue weighted by atomic mass is 28.4. The zero-order valence-corrected chi connectivity index (χ0v) is 37.5. The van der Waals surface area contributed by atoms with Crippen molar-refractivity contribution in [1.82, 2.24) is 0 Å². The van der Waals surface area contributed by atoms with Crippen LogP contribution in [-0.4, -0.2) is 68.2 Å². The smallest absolute Gasteiger partial charge is 0.344 e. The van der Waals surface area contributed by atoms with E-state index in [0.717, 1.165) is 19.3 Å². The number of ether oxygens (including phenoxy) is 2. The molecular formula is C38H72O7Si3. The van der Waals surface area contributed by atoms with Crippen molar-refractivity contribution in [2.45, 2.75) is 181 Å². The van der Waals surface area contributed by atoms with E-state index in [1.54, 1.807) is 6.92 Å². The lowest BCUT2D eigenvalue weighted by atomic mass is 9.43. The van der Waals surface area contributed by atoms with E-state index in [1.165, 1.54) is 7.11 Å². The van der Waals surface area contributed by atoms with Crippen LogP contribution >= 0.6 is 0 Å². The molecule has 2 aliphatic carbocycles. The van der Waals surface area contributed by atoms with E-state index in [9.17, 15) is 9.59 Å². The first-order valence-corrected chi connectivity index (χ1v) is 27.0. The molecule has 2 fully saturated rings. The first-order valence-electron chi connectivity index (χ1n) is 18.3. The summed E-state index contributed by atoms with van der Waals surface area (Å²) in [5.41, 5.74) is -1.84. The second-order valence-corrected chi connectivity index (χ2v) is 34.9. The molecule has 0 radical (unpaired) electrons. The van der Waals surface area contributed by atoms with Crippen molar-refractivity contribution in [2.75, 3.05) is 13.7 Å². The van der Waals surface area contributed by atoms with Gasteiger partial charge >= 0.3 is 5.97 Å². The molecule has 2 saturated carbocycles. The number of fused-ring (bicyclic) bond motifs is 3. The van der Waals surface area contributed by atoms with Crippen LogP contribution in [0.5, 0.6) is 0 Å². The molecule has 10 heteroatoms. The Bertz CT molecular complexity index is 1280. The van der Waals surface area contributed by atoms with Crippen LogP contribution in [0.4, 0.5) is 0 Å². The number of carbonyl (C=O) groups is 2. The van der Waals surface area contributed by atoms with Gasteiger partial charge in [-0.3, -0.25) is 4.79 Å². The molecule has 1 heterocycles. The monoisotopic (exact) mass is 724 g/mol. The maximum absolute atomic E-state index is 14.9. The predicted molar refractivity (Wildman–Crippen MR) is 204 cm³/mol. The minimum Gasteiger partial charge on any atom is -0.488 e. The Morgan fingerprint density at radius 2 is 1.27 bits per heavy atom. The SMILES string of the molecule is COC(=O)C1=C(C)O[C@]2(C)[C@@H](O[Si](C)(C)C(C)(C)C)C[C@H]3[C@](C)(CO[Si](C)(C)C(C)(C)C)[C@@H](O[Si](C)(C)C(C)(C)C)CC[C@]3(C)[C@H]2C1=O. The van der Waals surface area contributed by atoms with Crippen molar-refractivity contribution in [3.05, 3.63) is 11.3 Å². The molecule has 0 saturated heterocycles. The second-order valence-electron chi connectivity index (χ2n) is 20.6. The molecule has 7 nitrogen and oxygen atoms in total. The summed E-state index contributed by atoms with van der Waals surface area (Å²) in [5.74, 6) is -1.07. The van der Waals surface area contributed by atoms with E-state index in [1.807, 2.05) is 0 Å². The zero-order valence-electron chi connectivity index (χ0n) is 34.5. The minimum absolute atomic E-state index is 0.0102. The number of allylic oxidation sites excluding steroid dienone is 1. The van der Waals surface area contributed by atoms with Gasteiger partial charge in [0.2, 0.25) is 0 Å². The fourth-order valence-corrected chi connectivity index (χ4v) is 11.9. The van der Waals surface area contributed by atoms with E-state index in [4.69, 9.17) is 22.8 Å². The lowest BCUT2D eigenvalue weighted by Crippen LogP contribution is -2.72. The normalized spacial score (nSPS) is 34.0. The molecule has 0 aromatic rings. The summed E-state index contributed by atoms with van der Waals surface area (Å²) in [7, 11) is -5.34. The number of hydrogen-bond acceptors (Lipinski definition) is 7. The van der Waals surface area contributed by atoms with Crippen LogP contribution in [0, 0.1) is 22.7 Å². The van der Waals surface area contributed by atoms with E-state index < -0.39 is 53.3 Å². The Kier molecular flexibility index (Phi) is 11.0. The third-order valence-corrected chi connectivity index (χ3v) is 27.7.